The van der Waals surface area contributed by atoms with Gasteiger partial charge < -0.3 is 16.2 Å². The number of benzene rings is 1. The van der Waals surface area contributed by atoms with Crippen LogP contribution in [0.4, 0.5) is 11.8 Å². The van der Waals surface area contributed by atoms with Crippen molar-refractivity contribution in [3.05, 3.63) is 24.3 Å². The summed E-state index contributed by atoms with van der Waals surface area (Å²) in [5.74, 6) is 0.947. The number of rotatable bonds is 3. The summed E-state index contributed by atoms with van der Waals surface area (Å²) < 4.78 is 0. The highest BCUT2D eigenvalue weighted by molar-refractivity contribution is 5.89. The predicted octanol–water partition coefficient (Wildman–Crippen LogP) is 1.93. The van der Waals surface area contributed by atoms with E-state index in [1.807, 2.05) is 24.3 Å². The summed E-state index contributed by atoms with van der Waals surface area (Å²) in [4.78, 5) is 8.44. The minimum absolute atomic E-state index is 0.250. The number of hydrogen-bond donors (Lipinski definition) is 3. The van der Waals surface area contributed by atoms with Crippen LogP contribution in [0.1, 0.15) is 25.7 Å². The molecule has 4 N–H and O–H groups in total. The van der Waals surface area contributed by atoms with E-state index in [9.17, 15) is 5.11 Å². The molecule has 1 heterocycles. The smallest absolute Gasteiger partial charge is 0.222 e. The summed E-state index contributed by atoms with van der Waals surface area (Å²) in [6.45, 7) is 0.507. The average Bonchev–Trinajstić information content (AvgIpc) is 2.83. The molecule has 1 aliphatic carbocycles. The number of anilines is 2. The van der Waals surface area contributed by atoms with E-state index >= 15 is 0 Å². The normalized spacial score (nSPS) is 17.7. The fourth-order valence-electron chi connectivity index (χ4n) is 2.69. The van der Waals surface area contributed by atoms with Gasteiger partial charge in [0.2, 0.25) is 5.95 Å². The lowest BCUT2D eigenvalue weighted by atomic mass is 10.0. The predicted molar refractivity (Wildman–Crippen MR) is 75.9 cm³/mol. The molecule has 0 bridgehead atoms. The maximum atomic E-state index is 10.4. The zero-order valence-corrected chi connectivity index (χ0v) is 10.8. The first-order valence-electron chi connectivity index (χ1n) is 6.65. The third kappa shape index (κ3) is 2.46. The Labute approximate surface area is 111 Å². The van der Waals surface area contributed by atoms with Crippen molar-refractivity contribution in [2.45, 2.75) is 31.3 Å². The van der Waals surface area contributed by atoms with Gasteiger partial charge in [0, 0.05) is 11.9 Å². The van der Waals surface area contributed by atoms with E-state index < -0.39 is 5.60 Å². The Bertz CT molecular complexity index is 593. The molecule has 0 spiro atoms. The molecule has 0 atom stereocenters. The molecule has 5 heteroatoms. The summed E-state index contributed by atoms with van der Waals surface area (Å²) in [5.41, 5.74) is 5.92. The van der Waals surface area contributed by atoms with Crippen LogP contribution in [0.3, 0.4) is 0 Å². The van der Waals surface area contributed by atoms with Crippen molar-refractivity contribution in [2.24, 2.45) is 0 Å². The third-order valence-corrected chi connectivity index (χ3v) is 3.74. The minimum atomic E-state index is -0.610. The molecule has 5 nitrogen and oxygen atoms in total. The van der Waals surface area contributed by atoms with Crippen molar-refractivity contribution in [2.75, 3.05) is 17.6 Å². The highest BCUT2D eigenvalue weighted by Gasteiger charge is 2.30. The molecule has 1 saturated carbocycles. The van der Waals surface area contributed by atoms with Crippen LogP contribution in [-0.4, -0.2) is 27.2 Å². The highest BCUT2D eigenvalue weighted by Crippen LogP contribution is 2.30. The van der Waals surface area contributed by atoms with Crippen LogP contribution in [-0.2, 0) is 0 Å². The summed E-state index contributed by atoms with van der Waals surface area (Å²) in [6.07, 6.45) is 3.87. The Morgan fingerprint density at radius 2 is 1.95 bits per heavy atom. The van der Waals surface area contributed by atoms with Crippen molar-refractivity contribution in [3.8, 4) is 0 Å². The number of nitrogens with two attached hydrogens (primary N) is 1. The molecular weight excluding hydrogens is 240 g/mol. The van der Waals surface area contributed by atoms with Crippen LogP contribution in [0.2, 0.25) is 0 Å². The summed E-state index contributed by atoms with van der Waals surface area (Å²) in [5, 5.41) is 14.5. The number of hydrogen-bond acceptors (Lipinski definition) is 5. The second-order valence-corrected chi connectivity index (χ2v) is 5.23. The van der Waals surface area contributed by atoms with E-state index in [2.05, 4.69) is 15.3 Å². The van der Waals surface area contributed by atoms with Crippen LogP contribution in [0.5, 0.6) is 0 Å². The molecule has 1 aliphatic rings. The molecule has 0 amide bonds. The maximum absolute atomic E-state index is 10.4. The quantitative estimate of drug-likeness (QED) is 0.783. The molecule has 0 aliphatic heterocycles. The average molecular weight is 258 g/mol. The van der Waals surface area contributed by atoms with Gasteiger partial charge in [-0.3, -0.25) is 0 Å². The molecule has 0 saturated heterocycles. The van der Waals surface area contributed by atoms with Gasteiger partial charge in [-0.15, -0.1) is 0 Å². The number of aromatic nitrogens is 2. The lowest BCUT2D eigenvalue weighted by Gasteiger charge is -2.23. The van der Waals surface area contributed by atoms with E-state index in [0.29, 0.717) is 12.4 Å². The lowest BCUT2D eigenvalue weighted by Crippen LogP contribution is -2.33. The molecule has 1 fully saturated rings. The van der Waals surface area contributed by atoms with Gasteiger partial charge >= 0.3 is 0 Å². The second kappa shape index (κ2) is 4.66. The van der Waals surface area contributed by atoms with Gasteiger partial charge in [-0.2, -0.15) is 4.98 Å². The van der Waals surface area contributed by atoms with Crippen LogP contribution in [0.15, 0.2) is 24.3 Å². The van der Waals surface area contributed by atoms with E-state index in [0.717, 1.165) is 36.6 Å². The Hall–Kier alpha value is -1.88. The van der Waals surface area contributed by atoms with Gasteiger partial charge in [-0.05, 0) is 25.0 Å². The molecule has 0 radical (unpaired) electrons. The van der Waals surface area contributed by atoms with Gasteiger partial charge in [0.05, 0.1) is 11.1 Å². The number of aliphatic hydroxyl groups is 1. The van der Waals surface area contributed by atoms with Crippen molar-refractivity contribution in [1.29, 1.82) is 0 Å². The molecule has 1 aromatic carbocycles. The monoisotopic (exact) mass is 258 g/mol. The summed E-state index contributed by atoms with van der Waals surface area (Å²) >= 11 is 0. The van der Waals surface area contributed by atoms with Crippen molar-refractivity contribution in [1.82, 2.24) is 9.97 Å². The lowest BCUT2D eigenvalue weighted by molar-refractivity contribution is 0.0614. The summed E-state index contributed by atoms with van der Waals surface area (Å²) in [7, 11) is 0. The van der Waals surface area contributed by atoms with Gasteiger partial charge in [-0.25, -0.2) is 4.98 Å². The van der Waals surface area contributed by atoms with E-state index in [1.54, 1.807) is 0 Å². The number of fused-ring (bicyclic) bond motifs is 1. The highest BCUT2D eigenvalue weighted by atomic mass is 16.3. The van der Waals surface area contributed by atoms with E-state index in [4.69, 9.17) is 5.73 Å². The van der Waals surface area contributed by atoms with Crippen LogP contribution < -0.4 is 11.1 Å². The summed E-state index contributed by atoms with van der Waals surface area (Å²) in [6, 6.07) is 7.72. The number of nitrogens with zero attached hydrogens (tertiary/aromatic N) is 2. The Morgan fingerprint density at radius 1 is 1.21 bits per heavy atom. The number of para-hydroxylation sites is 1. The molecule has 1 aromatic heterocycles. The Balaban J connectivity index is 1.87. The van der Waals surface area contributed by atoms with Crippen molar-refractivity contribution >= 4 is 22.7 Å². The SMILES string of the molecule is Nc1nc(NCC2(O)CCCC2)c2ccccc2n1. The first-order valence-corrected chi connectivity index (χ1v) is 6.65. The zero-order chi connectivity index (χ0) is 13.3. The van der Waals surface area contributed by atoms with Crippen LogP contribution >= 0.6 is 0 Å². The largest absolute Gasteiger partial charge is 0.388 e. The van der Waals surface area contributed by atoms with Crippen LogP contribution in [0.25, 0.3) is 10.9 Å². The first-order chi connectivity index (χ1) is 9.16. The van der Waals surface area contributed by atoms with Gasteiger partial charge in [0.25, 0.3) is 0 Å². The van der Waals surface area contributed by atoms with Crippen molar-refractivity contribution in [3.63, 3.8) is 0 Å². The fraction of sp³-hybridized carbons (Fsp3) is 0.429. The third-order valence-electron chi connectivity index (χ3n) is 3.74. The topological polar surface area (TPSA) is 84.1 Å². The molecule has 19 heavy (non-hydrogen) atoms. The van der Waals surface area contributed by atoms with E-state index in [1.165, 1.54) is 0 Å². The molecule has 0 unspecified atom stereocenters. The fourth-order valence-corrected chi connectivity index (χ4v) is 2.69. The first kappa shape index (κ1) is 12.2. The Kier molecular flexibility index (Phi) is 2.98. The maximum Gasteiger partial charge on any atom is 0.222 e. The van der Waals surface area contributed by atoms with E-state index in [-0.39, 0.29) is 5.95 Å². The number of nitrogen functional groups attached to an aromatic ring is 1. The molecule has 100 valence electrons. The van der Waals surface area contributed by atoms with Crippen LogP contribution in [0, 0.1) is 0 Å². The Morgan fingerprint density at radius 3 is 2.74 bits per heavy atom. The zero-order valence-electron chi connectivity index (χ0n) is 10.8. The second-order valence-electron chi connectivity index (χ2n) is 5.23. The molecule has 2 aromatic rings. The van der Waals surface area contributed by atoms with Gasteiger partial charge in [0.1, 0.15) is 5.82 Å². The number of nitrogens with one attached hydrogen (secondary N) is 1. The minimum Gasteiger partial charge on any atom is -0.388 e. The molecular formula is C14H18N4O. The standard InChI is InChI=1S/C14H18N4O/c15-13-17-11-6-2-1-5-10(11)12(18-13)16-9-14(19)7-3-4-8-14/h1-2,5-6,19H,3-4,7-9H2,(H3,15,16,17,18). The van der Waals surface area contributed by atoms with Crippen molar-refractivity contribution < 1.29 is 5.11 Å². The van der Waals surface area contributed by atoms with Gasteiger partial charge in [-0.1, -0.05) is 25.0 Å². The molecule has 3 rings (SSSR count). The van der Waals surface area contributed by atoms with Gasteiger partial charge in [0.15, 0.2) is 0 Å².